The number of benzene rings is 1. The van der Waals surface area contributed by atoms with E-state index in [0.717, 1.165) is 12.1 Å². The van der Waals surface area contributed by atoms with Gasteiger partial charge in [-0.25, -0.2) is 0 Å². The number of carbonyl (C=O) groups excluding carboxylic acids is 2. The highest BCUT2D eigenvalue weighted by molar-refractivity contribution is 6.27. The topological polar surface area (TPSA) is 49.9 Å². The van der Waals surface area contributed by atoms with Crippen LogP contribution in [0.2, 0.25) is 0 Å². The summed E-state index contributed by atoms with van der Waals surface area (Å²) in [5.74, 6) is -1.18. The normalized spacial score (nSPS) is 15.5. The van der Waals surface area contributed by atoms with Crippen LogP contribution in [0.15, 0.2) is 24.3 Å². The van der Waals surface area contributed by atoms with Crippen molar-refractivity contribution in [1.29, 1.82) is 0 Å². The molecule has 2 rings (SSSR count). The summed E-state index contributed by atoms with van der Waals surface area (Å²) in [6.07, 6.45) is -4.81. The fourth-order valence-corrected chi connectivity index (χ4v) is 2.42. The molecule has 2 amide bonds. The van der Waals surface area contributed by atoms with Gasteiger partial charge in [0.05, 0.1) is 0 Å². The van der Waals surface area contributed by atoms with Crippen LogP contribution in [-0.2, 0) is 4.79 Å². The molecule has 0 unspecified atom stereocenters. The van der Waals surface area contributed by atoms with E-state index in [9.17, 15) is 22.8 Å². The molecule has 1 aromatic rings. The Morgan fingerprint density at radius 2 is 1.74 bits per heavy atom. The molecule has 0 radical (unpaired) electrons. The zero-order valence-corrected chi connectivity index (χ0v) is 12.7. The molecule has 0 aliphatic carbocycles. The Hall–Kier alpha value is -1.96. The van der Waals surface area contributed by atoms with Gasteiger partial charge >= 0.3 is 6.36 Å². The summed E-state index contributed by atoms with van der Waals surface area (Å²) in [5, 5.41) is 0. The molecule has 1 fully saturated rings. The quantitative estimate of drug-likeness (QED) is 0.785. The van der Waals surface area contributed by atoms with Crippen molar-refractivity contribution in [3.8, 4) is 5.75 Å². The van der Waals surface area contributed by atoms with Crippen LogP contribution in [0.25, 0.3) is 0 Å². The third-order valence-electron chi connectivity index (χ3n) is 3.35. The number of alkyl halides is 4. The van der Waals surface area contributed by atoms with E-state index in [1.54, 1.807) is 4.90 Å². The molecule has 23 heavy (non-hydrogen) atoms. The van der Waals surface area contributed by atoms with Gasteiger partial charge in [-0.3, -0.25) is 9.59 Å². The summed E-state index contributed by atoms with van der Waals surface area (Å²) in [4.78, 5) is 26.8. The second-order valence-electron chi connectivity index (χ2n) is 4.88. The standard InChI is InChI=1S/C14H14ClF3N2O3/c15-9-12(21)19-4-6-20(7-5-19)13(22)10-2-1-3-11(8-10)23-14(16,17)18/h1-3,8H,4-7,9H2. The first kappa shape index (κ1) is 17.4. The van der Waals surface area contributed by atoms with Gasteiger partial charge < -0.3 is 14.5 Å². The van der Waals surface area contributed by atoms with Crippen molar-refractivity contribution in [2.45, 2.75) is 6.36 Å². The Morgan fingerprint density at radius 1 is 1.13 bits per heavy atom. The second kappa shape index (κ2) is 7.08. The van der Waals surface area contributed by atoms with Crippen molar-refractivity contribution in [2.24, 2.45) is 0 Å². The highest BCUT2D eigenvalue weighted by Gasteiger charge is 2.31. The van der Waals surface area contributed by atoms with Crippen LogP contribution in [-0.4, -0.2) is 60.0 Å². The molecule has 1 saturated heterocycles. The van der Waals surface area contributed by atoms with Crippen LogP contribution in [0.4, 0.5) is 13.2 Å². The Labute approximate surface area is 135 Å². The molecule has 1 aromatic carbocycles. The van der Waals surface area contributed by atoms with Crippen LogP contribution >= 0.6 is 11.6 Å². The summed E-state index contributed by atoms with van der Waals surface area (Å²) >= 11 is 5.47. The first-order valence-corrected chi connectivity index (χ1v) is 7.32. The number of carbonyl (C=O) groups is 2. The summed E-state index contributed by atoms with van der Waals surface area (Å²) in [5.41, 5.74) is 0.101. The molecule has 0 saturated carbocycles. The van der Waals surface area contributed by atoms with E-state index in [4.69, 9.17) is 11.6 Å². The van der Waals surface area contributed by atoms with E-state index in [0.29, 0.717) is 26.2 Å². The summed E-state index contributed by atoms with van der Waals surface area (Å²) in [6, 6.07) is 4.91. The van der Waals surface area contributed by atoms with Gasteiger partial charge in [-0.05, 0) is 18.2 Å². The van der Waals surface area contributed by atoms with Gasteiger partial charge in [-0.1, -0.05) is 6.07 Å². The fourth-order valence-electron chi connectivity index (χ4n) is 2.25. The summed E-state index contributed by atoms with van der Waals surface area (Å²) < 4.78 is 40.5. The molecule has 0 atom stereocenters. The number of hydrogen-bond donors (Lipinski definition) is 0. The fraction of sp³-hybridized carbons (Fsp3) is 0.429. The first-order chi connectivity index (χ1) is 10.8. The SMILES string of the molecule is O=C(CCl)N1CCN(C(=O)c2cccc(OC(F)(F)F)c2)CC1. The first-order valence-electron chi connectivity index (χ1n) is 6.79. The monoisotopic (exact) mass is 350 g/mol. The molecule has 0 bridgehead atoms. The molecule has 9 heteroatoms. The van der Waals surface area contributed by atoms with Gasteiger partial charge in [0.25, 0.3) is 5.91 Å². The molecule has 1 aliphatic rings. The van der Waals surface area contributed by atoms with Crippen LogP contribution < -0.4 is 4.74 Å². The number of hydrogen-bond acceptors (Lipinski definition) is 3. The Morgan fingerprint density at radius 3 is 2.30 bits per heavy atom. The highest BCUT2D eigenvalue weighted by atomic mass is 35.5. The number of piperazine rings is 1. The van der Waals surface area contributed by atoms with Gasteiger partial charge in [0.1, 0.15) is 11.6 Å². The van der Waals surface area contributed by atoms with Crippen LogP contribution in [0.5, 0.6) is 5.75 Å². The van der Waals surface area contributed by atoms with E-state index in [1.165, 1.54) is 17.0 Å². The van der Waals surface area contributed by atoms with Crippen LogP contribution in [0.3, 0.4) is 0 Å². The molecule has 0 N–H and O–H groups in total. The maximum atomic E-state index is 12.3. The lowest BCUT2D eigenvalue weighted by atomic mass is 10.1. The van der Waals surface area contributed by atoms with E-state index >= 15 is 0 Å². The molecule has 1 heterocycles. The molecule has 0 spiro atoms. The van der Waals surface area contributed by atoms with Crippen molar-refractivity contribution < 1.29 is 27.5 Å². The molecular formula is C14H14ClF3N2O3. The highest BCUT2D eigenvalue weighted by Crippen LogP contribution is 2.24. The lowest BCUT2D eigenvalue weighted by Gasteiger charge is -2.34. The maximum Gasteiger partial charge on any atom is 0.573 e. The number of rotatable bonds is 3. The minimum absolute atomic E-state index is 0.101. The molecule has 126 valence electrons. The number of amides is 2. The van der Waals surface area contributed by atoms with Gasteiger partial charge in [-0.2, -0.15) is 0 Å². The number of halogens is 4. The molecule has 1 aliphatic heterocycles. The third-order valence-corrected chi connectivity index (χ3v) is 3.58. The smallest absolute Gasteiger partial charge is 0.406 e. The maximum absolute atomic E-state index is 12.3. The third kappa shape index (κ3) is 4.75. The van der Waals surface area contributed by atoms with E-state index < -0.39 is 18.0 Å². The zero-order chi connectivity index (χ0) is 17.0. The Balaban J connectivity index is 2.01. The van der Waals surface area contributed by atoms with Crippen molar-refractivity contribution in [2.75, 3.05) is 32.1 Å². The number of nitrogens with zero attached hydrogens (tertiary/aromatic N) is 2. The average molecular weight is 351 g/mol. The lowest BCUT2D eigenvalue weighted by molar-refractivity contribution is -0.274. The van der Waals surface area contributed by atoms with Crippen molar-refractivity contribution >= 4 is 23.4 Å². The largest absolute Gasteiger partial charge is 0.573 e. The summed E-state index contributed by atoms with van der Waals surface area (Å²) in [6.45, 7) is 1.28. The Bertz CT molecular complexity index is 587. The zero-order valence-electron chi connectivity index (χ0n) is 12.0. The molecule has 0 aromatic heterocycles. The molecule has 5 nitrogen and oxygen atoms in total. The van der Waals surface area contributed by atoms with Gasteiger partial charge in [-0.15, -0.1) is 24.8 Å². The Kier molecular flexibility index (Phi) is 5.35. The lowest BCUT2D eigenvalue weighted by Crippen LogP contribution is -2.50. The summed E-state index contributed by atoms with van der Waals surface area (Å²) in [7, 11) is 0. The van der Waals surface area contributed by atoms with Crippen molar-refractivity contribution in [1.82, 2.24) is 9.80 Å². The minimum atomic E-state index is -4.81. The minimum Gasteiger partial charge on any atom is -0.406 e. The van der Waals surface area contributed by atoms with Crippen molar-refractivity contribution in [3.05, 3.63) is 29.8 Å². The number of ether oxygens (including phenoxy) is 1. The average Bonchev–Trinajstić information content (AvgIpc) is 2.52. The van der Waals surface area contributed by atoms with E-state index in [1.807, 2.05) is 0 Å². The van der Waals surface area contributed by atoms with Crippen LogP contribution in [0.1, 0.15) is 10.4 Å². The van der Waals surface area contributed by atoms with Crippen LogP contribution in [0, 0.1) is 0 Å². The van der Waals surface area contributed by atoms with Gasteiger partial charge in [0.2, 0.25) is 5.91 Å². The predicted molar refractivity (Wildman–Crippen MR) is 76.3 cm³/mol. The predicted octanol–water partition coefficient (Wildman–Crippen LogP) is 2.11. The van der Waals surface area contributed by atoms with Gasteiger partial charge in [0.15, 0.2) is 0 Å². The van der Waals surface area contributed by atoms with Gasteiger partial charge in [0, 0.05) is 31.7 Å². The van der Waals surface area contributed by atoms with E-state index in [2.05, 4.69) is 4.74 Å². The van der Waals surface area contributed by atoms with Crippen molar-refractivity contribution in [3.63, 3.8) is 0 Å². The molecular weight excluding hydrogens is 337 g/mol. The second-order valence-corrected chi connectivity index (χ2v) is 5.15. The van der Waals surface area contributed by atoms with E-state index in [-0.39, 0.29) is 17.4 Å².